The van der Waals surface area contributed by atoms with Gasteiger partial charge in [-0.2, -0.15) is 0 Å². The van der Waals surface area contributed by atoms with E-state index in [1.807, 2.05) is 6.92 Å². The summed E-state index contributed by atoms with van der Waals surface area (Å²) in [5.74, 6) is 4.59. The maximum atomic E-state index is 12.9. The van der Waals surface area contributed by atoms with Crippen LogP contribution in [0, 0.1) is 11.8 Å². The predicted molar refractivity (Wildman–Crippen MR) is 91.9 cm³/mol. The maximum Gasteiger partial charge on any atom is 0.256 e. The molecule has 6 nitrogen and oxygen atoms in total. The van der Waals surface area contributed by atoms with Gasteiger partial charge in [-0.05, 0) is 18.9 Å². The Bertz CT molecular complexity index is 773. The summed E-state index contributed by atoms with van der Waals surface area (Å²) in [7, 11) is 1.49. The fourth-order valence-corrected chi connectivity index (χ4v) is 2.66. The number of benzene rings is 1. The Labute approximate surface area is 146 Å². The molecule has 1 heterocycles. The van der Waals surface area contributed by atoms with Crippen molar-refractivity contribution in [2.24, 2.45) is 0 Å². The van der Waals surface area contributed by atoms with Crippen molar-refractivity contribution in [3.05, 3.63) is 34.9 Å². The molecule has 1 aromatic carbocycles. The normalized spacial score (nSPS) is 16.5. The summed E-state index contributed by atoms with van der Waals surface area (Å²) in [6, 6.07) is 4.15. The SMILES string of the molecule is CCCC#Cc1cccc(C=O)c1C(=O)N(C)C1CCC(=O)NC1=O. The molecule has 1 fully saturated rings. The van der Waals surface area contributed by atoms with Crippen LogP contribution in [-0.2, 0) is 9.59 Å². The van der Waals surface area contributed by atoms with E-state index in [-0.39, 0.29) is 29.9 Å². The first-order valence-electron chi connectivity index (χ1n) is 8.17. The summed E-state index contributed by atoms with van der Waals surface area (Å²) in [5.41, 5.74) is 0.878. The predicted octanol–water partition coefficient (Wildman–Crippen LogP) is 1.53. The van der Waals surface area contributed by atoms with Crippen LogP contribution in [0.15, 0.2) is 18.2 Å². The van der Waals surface area contributed by atoms with E-state index in [2.05, 4.69) is 17.2 Å². The van der Waals surface area contributed by atoms with Crippen LogP contribution in [0.1, 0.15) is 58.9 Å². The van der Waals surface area contributed by atoms with E-state index in [1.54, 1.807) is 18.2 Å². The van der Waals surface area contributed by atoms with Crippen molar-refractivity contribution in [1.82, 2.24) is 10.2 Å². The summed E-state index contributed by atoms with van der Waals surface area (Å²) in [6.07, 6.45) is 2.61. The number of piperidine rings is 1. The van der Waals surface area contributed by atoms with Crippen LogP contribution >= 0.6 is 0 Å². The van der Waals surface area contributed by atoms with Crippen molar-refractivity contribution in [2.75, 3.05) is 7.05 Å². The highest BCUT2D eigenvalue weighted by molar-refractivity contribution is 6.07. The van der Waals surface area contributed by atoms with Crippen molar-refractivity contribution in [3.8, 4) is 11.8 Å². The van der Waals surface area contributed by atoms with Gasteiger partial charge in [-0.25, -0.2) is 0 Å². The number of rotatable bonds is 4. The van der Waals surface area contributed by atoms with E-state index in [9.17, 15) is 19.2 Å². The highest BCUT2D eigenvalue weighted by Crippen LogP contribution is 2.19. The highest BCUT2D eigenvalue weighted by Gasteiger charge is 2.33. The Hall–Kier alpha value is -2.94. The molecule has 3 amide bonds. The zero-order chi connectivity index (χ0) is 18.4. The van der Waals surface area contributed by atoms with Gasteiger partial charge in [0.15, 0.2) is 6.29 Å². The minimum Gasteiger partial charge on any atom is -0.330 e. The van der Waals surface area contributed by atoms with E-state index in [1.165, 1.54) is 11.9 Å². The van der Waals surface area contributed by atoms with Gasteiger partial charge in [0, 0.05) is 31.0 Å². The average Bonchev–Trinajstić information content (AvgIpc) is 2.60. The molecule has 0 saturated carbocycles. The van der Waals surface area contributed by atoms with Crippen molar-refractivity contribution < 1.29 is 19.2 Å². The van der Waals surface area contributed by atoms with E-state index in [0.717, 1.165) is 6.42 Å². The summed E-state index contributed by atoms with van der Waals surface area (Å²) >= 11 is 0. The molecule has 1 unspecified atom stereocenters. The molecular weight excluding hydrogens is 320 g/mol. The molecule has 0 aromatic heterocycles. The molecule has 130 valence electrons. The molecular formula is C19H20N2O4. The van der Waals surface area contributed by atoms with Crippen molar-refractivity contribution in [3.63, 3.8) is 0 Å². The number of nitrogens with one attached hydrogen (secondary N) is 1. The Kier molecular flexibility index (Phi) is 6.07. The van der Waals surface area contributed by atoms with Gasteiger partial charge >= 0.3 is 0 Å². The third-order valence-corrected chi connectivity index (χ3v) is 4.03. The summed E-state index contributed by atoms with van der Waals surface area (Å²) in [6.45, 7) is 2.00. The van der Waals surface area contributed by atoms with Crippen LogP contribution in [-0.4, -0.2) is 42.0 Å². The molecule has 1 atom stereocenters. The van der Waals surface area contributed by atoms with Gasteiger partial charge in [0.1, 0.15) is 6.04 Å². The van der Waals surface area contributed by atoms with E-state index < -0.39 is 17.9 Å². The number of likely N-dealkylation sites (N-methyl/N-ethyl adjacent to an activating group) is 1. The van der Waals surface area contributed by atoms with E-state index >= 15 is 0 Å². The van der Waals surface area contributed by atoms with E-state index in [4.69, 9.17) is 0 Å². The first kappa shape index (κ1) is 18.4. The molecule has 0 spiro atoms. The molecule has 1 aliphatic rings. The Balaban J connectivity index is 2.37. The Morgan fingerprint density at radius 3 is 2.80 bits per heavy atom. The maximum absolute atomic E-state index is 12.9. The van der Waals surface area contributed by atoms with Crippen molar-refractivity contribution >= 4 is 24.0 Å². The minimum absolute atomic E-state index is 0.173. The first-order valence-corrected chi connectivity index (χ1v) is 8.17. The summed E-state index contributed by atoms with van der Waals surface area (Å²) in [5, 5.41) is 2.23. The van der Waals surface area contributed by atoms with Crippen molar-refractivity contribution in [2.45, 2.75) is 38.6 Å². The van der Waals surface area contributed by atoms with E-state index in [0.29, 0.717) is 18.3 Å². The highest BCUT2D eigenvalue weighted by atomic mass is 16.2. The number of aldehydes is 1. The van der Waals surface area contributed by atoms with Crippen LogP contribution in [0.3, 0.4) is 0 Å². The second kappa shape index (κ2) is 8.25. The summed E-state index contributed by atoms with van der Waals surface area (Å²) in [4.78, 5) is 48.9. The summed E-state index contributed by atoms with van der Waals surface area (Å²) < 4.78 is 0. The lowest BCUT2D eigenvalue weighted by molar-refractivity contribution is -0.136. The fraction of sp³-hybridized carbons (Fsp3) is 0.368. The van der Waals surface area contributed by atoms with Crippen LogP contribution in [0.2, 0.25) is 0 Å². The average molecular weight is 340 g/mol. The molecule has 1 aliphatic heterocycles. The smallest absolute Gasteiger partial charge is 0.256 e. The number of carbonyl (C=O) groups excluding carboxylic acids is 4. The number of hydrogen-bond acceptors (Lipinski definition) is 4. The van der Waals surface area contributed by atoms with Crippen molar-refractivity contribution in [1.29, 1.82) is 0 Å². The minimum atomic E-state index is -0.749. The molecule has 1 saturated heterocycles. The molecule has 2 rings (SSSR count). The van der Waals surface area contributed by atoms with Gasteiger partial charge in [-0.1, -0.05) is 30.9 Å². The number of nitrogens with zero attached hydrogens (tertiary/aromatic N) is 1. The lowest BCUT2D eigenvalue weighted by Gasteiger charge is -2.30. The quantitative estimate of drug-likeness (QED) is 0.512. The molecule has 1 aromatic rings. The third-order valence-electron chi connectivity index (χ3n) is 4.03. The van der Waals surface area contributed by atoms with Crippen LogP contribution in [0.25, 0.3) is 0 Å². The lowest BCUT2D eigenvalue weighted by Crippen LogP contribution is -2.53. The van der Waals surface area contributed by atoms with Gasteiger partial charge in [0.2, 0.25) is 11.8 Å². The topological polar surface area (TPSA) is 83.6 Å². The number of carbonyl (C=O) groups is 4. The molecule has 0 aliphatic carbocycles. The monoisotopic (exact) mass is 340 g/mol. The lowest BCUT2D eigenvalue weighted by atomic mass is 9.98. The molecule has 1 N–H and O–H groups in total. The zero-order valence-electron chi connectivity index (χ0n) is 14.3. The fourth-order valence-electron chi connectivity index (χ4n) is 2.66. The third kappa shape index (κ3) is 4.13. The van der Waals surface area contributed by atoms with Gasteiger partial charge < -0.3 is 4.90 Å². The zero-order valence-corrected chi connectivity index (χ0v) is 14.3. The van der Waals surface area contributed by atoms with Gasteiger partial charge in [0.05, 0.1) is 5.56 Å². The van der Waals surface area contributed by atoms with Gasteiger partial charge in [-0.3, -0.25) is 24.5 Å². The number of imide groups is 1. The Morgan fingerprint density at radius 2 is 2.16 bits per heavy atom. The van der Waals surface area contributed by atoms with Crippen LogP contribution < -0.4 is 5.32 Å². The first-order chi connectivity index (χ1) is 12.0. The molecule has 0 radical (unpaired) electrons. The molecule has 25 heavy (non-hydrogen) atoms. The molecule has 6 heteroatoms. The Morgan fingerprint density at radius 1 is 1.40 bits per heavy atom. The molecule has 0 bridgehead atoms. The van der Waals surface area contributed by atoms with Gasteiger partial charge in [-0.15, -0.1) is 0 Å². The van der Waals surface area contributed by atoms with Crippen LogP contribution in [0.4, 0.5) is 0 Å². The standard InChI is InChI=1S/C19H20N2O4/c1-3-4-5-7-13-8-6-9-14(12-22)17(13)19(25)21(2)15-10-11-16(23)20-18(15)24/h6,8-9,12,15H,3-4,10-11H2,1-2H3,(H,20,23,24). The van der Waals surface area contributed by atoms with Crippen LogP contribution in [0.5, 0.6) is 0 Å². The number of hydrogen-bond donors (Lipinski definition) is 1. The number of amides is 3. The van der Waals surface area contributed by atoms with Gasteiger partial charge in [0.25, 0.3) is 5.91 Å². The second-order valence-electron chi connectivity index (χ2n) is 5.82. The second-order valence-corrected chi connectivity index (χ2v) is 5.82. The largest absolute Gasteiger partial charge is 0.330 e. The number of unbranched alkanes of at least 4 members (excludes halogenated alkanes) is 1.